The first-order valence-corrected chi connectivity index (χ1v) is 6.19. The topological polar surface area (TPSA) is 0 Å². The number of hydrogen-bond acceptors (Lipinski definition) is 0. The van der Waals surface area contributed by atoms with Crippen LogP contribution in [0.4, 0.5) is 0 Å². The molecule has 0 radical (unpaired) electrons. The SMILES string of the molecule is CCC1C=CC2C3C=CC(C3)C12CC. The third-order valence-corrected chi connectivity index (χ3v) is 5.18. The molecule has 0 aliphatic heterocycles. The van der Waals surface area contributed by atoms with E-state index in [1.807, 2.05) is 0 Å². The van der Waals surface area contributed by atoms with E-state index in [0.29, 0.717) is 5.41 Å². The Morgan fingerprint density at radius 1 is 1.14 bits per heavy atom. The monoisotopic (exact) mass is 188 g/mol. The van der Waals surface area contributed by atoms with Crippen LogP contribution in [0, 0.1) is 29.1 Å². The molecule has 0 aromatic carbocycles. The smallest absolute Gasteiger partial charge is 0.0102 e. The van der Waals surface area contributed by atoms with Crippen LogP contribution in [0.5, 0.6) is 0 Å². The number of hydrogen-bond donors (Lipinski definition) is 0. The molecule has 3 rings (SSSR count). The van der Waals surface area contributed by atoms with Crippen LogP contribution in [0.1, 0.15) is 33.1 Å². The lowest BCUT2D eigenvalue weighted by Gasteiger charge is -2.41. The maximum atomic E-state index is 2.53. The summed E-state index contributed by atoms with van der Waals surface area (Å²) in [6.45, 7) is 4.75. The molecule has 0 aromatic rings. The number of fused-ring (bicyclic) bond motifs is 5. The standard InChI is InChI=1S/C14H20/c1-3-11-7-8-13-10-5-6-12(9-10)14(11,13)4-2/h5-8,10-13H,3-4,9H2,1-2H3. The summed E-state index contributed by atoms with van der Waals surface area (Å²) in [7, 11) is 0. The van der Waals surface area contributed by atoms with Crippen LogP contribution in [0.15, 0.2) is 24.3 Å². The molecule has 0 heterocycles. The summed E-state index contributed by atoms with van der Waals surface area (Å²) in [6.07, 6.45) is 14.2. The maximum absolute atomic E-state index is 2.53. The van der Waals surface area contributed by atoms with E-state index in [1.165, 1.54) is 19.3 Å². The van der Waals surface area contributed by atoms with Gasteiger partial charge >= 0.3 is 0 Å². The summed E-state index contributed by atoms with van der Waals surface area (Å²) < 4.78 is 0. The van der Waals surface area contributed by atoms with Crippen molar-refractivity contribution in [3.05, 3.63) is 24.3 Å². The molecule has 3 aliphatic carbocycles. The van der Waals surface area contributed by atoms with Crippen molar-refractivity contribution in [3.63, 3.8) is 0 Å². The lowest BCUT2D eigenvalue weighted by Crippen LogP contribution is -2.35. The molecule has 76 valence electrons. The zero-order valence-electron chi connectivity index (χ0n) is 9.24. The van der Waals surface area contributed by atoms with Gasteiger partial charge in [0.2, 0.25) is 0 Å². The van der Waals surface area contributed by atoms with Gasteiger partial charge in [-0.25, -0.2) is 0 Å². The van der Waals surface area contributed by atoms with Gasteiger partial charge in [-0.2, -0.15) is 0 Å². The molecule has 1 fully saturated rings. The van der Waals surface area contributed by atoms with Crippen molar-refractivity contribution in [2.24, 2.45) is 29.1 Å². The fraction of sp³-hybridized carbons (Fsp3) is 0.714. The second kappa shape index (κ2) is 2.74. The third kappa shape index (κ3) is 0.769. The van der Waals surface area contributed by atoms with Crippen molar-refractivity contribution < 1.29 is 0 Å². The summed E-state index contributed by atoms with van der Waals surface area (Å²) >= 11 is 0. The third-order valence-electron chi connectivity index (χ3n) is 5.18. The molecule has 0 amide bonds. The van der Waals surface area contributed by atoms with Crippen molar-refractivity contribution in [1.29, 1.82) is 0 Å². The Hall–Kier alpha value is -0.520. The van der Waals surface area contributed by atoms with Gasteiger partial charge in [0.15, 0.2) is 0 Å². The highest BCUT2D eigenvalue weighted by atomic mass is 14.6. The number of allylic oxidation sites excluding steroid dienone is 4. The van der Waals surface area contributed by atoms with Crippen molar-refractivity contribution in [2.75, 3.05) is 0 Å². The largest absolute Gasteiger partial charge is 0.0845 e. The van der Waals surface area contributed by atoms with Crippen molar-refractivity contribution in [3.8, 4) is 0 Å². The first kappa shape index (κ1) is 8.76. The van der Waals surface area contributed by atoms with Crippen LogP contribution >= 0.6 is 0 Å². The van der Waals surface area contributed by atoms with E-state index in [4.69, 9.17) is 0 Å². The Balaban J connectivity index is 2.05. The van der Waals surface area contributed by atoms with Gasteiger partial charge in [0.1, 0.15) is 0 Å². The maximum Gasteiger partial charge on any atom is -0.0102 e. The van der Waals surface area contributed by atoms with Gasteiger partial charge in [0.05, 0.1) is 0 Å². The van der Waals surface area contributed by atoms with Crippen LogP contribution in [0.2, 0.25) is 0 Å². The van der Waals surface area contributed by atoms with Crippen LogP contribution in [0.25, 0.3) is 0 Å². The molecule has 3 aliphatic rings. The van der Waals surface area contributed by atoms with E-state index < -0.39 is 0 Å². The van der Waals surface area contributed by atoms with E-state index in [1.54, 1.807) is 0 Å². The van der Waals surface area contributed by atoms with Gasteiger partial charge in [-0.15, -0.1) is 0 Å². The molecule has 5 atom stereocenters. The van der Waals surface area contributed by atoms with Gasteiger partial charge in [0, 0.05) is 0 Å². The molecule has 5 unspecified atom stereocenters. The minimum atomic E-state index is 0.633. The lowest BCUT2D eigenvalue weighted by atomic mass is 9.62. The molecule has 14 heavy (non-hydrogen) atoms. The van der Waals surface area contributed by atoms with Crippen molar-refractivity contribution in [2.45, 2.75) is 33.1 Å². The molecule has 0 heteroatoms. The summed E-state index contributed by atoms with van der Waals surface area (Å²) in [5.74, 6) is 3.51. The van der Waals surface area contributed by atoms with Crippen LogP contribution in [-0.2, 0) is 0 Å². The molecule has 1 saturated carbocycles. The van der Waals surface area contributed by atoms with Crippen LogP contribution in [-0.4, -0.2) is 0 Å². The predicted octanol–water partition coefficient (Wildman–Crippen LogP) is 3.80. The first-order chi connectivity index (χ1) is 6.82. The van der Waals surface area contributed by atoms with E-state index in [-0.39, 0.29) is 0 Å². The summed E-state index contributed by atoms with van der Waals surface area (Å²) in [6, 6.07) is 0. The summed E-state index contributed by atoms with van der Waals surface area (Å²) in [5, 5.41) is 0. The highest BCUT2D eigenvalue weighted by Gasteiger charge is 2.58. The van der Waals surface area contributed by atoms with Gasteiger partial charge in [-0.05, 0) is 48.3 Å². The zero-order chi connectivity index (χ0) is 9.76. The summed E-state index contributed by atoms with van der Waals surface area (Å²) in [4.78, 5) is 0. The second-order valence-corrected chi connectivity index (χ2v) is 5.28. The number of rotatable bonds is 2. The van der Waals surface area contributed by atoms with E-state index in [9.17, 15) is 0 Å². The molecule has 0 saturated heterocycles. The fourth-order valence-electron chi connectivity index (χ4n) is 4.59. The average molecular weight is 188 g/mol. The predicted molar refractivity (Wildman–Crippen MR) is 59.9 cm³/mol. The van der Waals surface area contributed by atoms with Gasteiger partial charge < -0.3 is 0 Å². The van der Waals surface area contributed by atoms with Gasteiger partial charge in [-0.3, -0.25) is 0 Å². The Morgan fingerprint density at radius 2 is 2.00 bits per heavy atom. The van der Waals surface area contributed by atoms with E-state index in [2.05, 4.69) is 38.2 Å². The van der Waals surface area contributed by atoms with Crippen LogP contribution in [0.3, 0.4) is 0 Å². The quantitative estimate of drug-likeness (QED) is 0.578. The minimum absolute atomic E-state index is 0.633. The molecular weight excluding hydrogens is 168 g/mol. The van der Waals surface area contributed by atoms with Crippen molar-refractivity contribution >= 4 is 0 Å². The molecular formula is C14H20. The second-order valence-electron chi connectivity index (χ2n) is 5.28. The average Bonchev–Trinajstić information content (AvgIpc) is 2.88. The van der Waals surface area contributed by atoms with E-state index >= 15 is 0 Å². The highest BCUT2D eigenvalue weighted by Crippen LogP contribution is 2.65. The molecule has 0 spiro atoms. The Morgan fingerprint density at radius 3 is 2.71 bits per heavy atom. The molecule has 0 nitrogen and oxygen atoms in total. The molecule has 0 aromatic heterocycles. The highest BCUT2D eigenvalue weighted by molar-refractivity contribution is 5.29. The molecule has 0 N–H and O–H groups in total. The van der Waals surface area contributed by atoms with E-state index in [0.717, 1.165) is 23.7 Å². The first-order valence-electron chi connectivity index (χ1n) is 6.19. The zero-order valence-corrected chi connectivity index (χ0v) is 9.24. The summed E-state index contributed by atoms with van der Waals surface area (Å²) in [5.41, 5.74) is 0.633. The van der Waals surface area contributed by atoms with Crippen molar-refractivity contribution in [1.82, 2.24) is 0 Å². The Labute approximate surface area is 87.1 Å². The minimum Gasteiger partial charge on any atom is -0.0845 e. The Kier molecular flexibility index (Phi) is 1.72. The fourth-order valence-corrected chi connectivity index (χ4v) is 4.59. The normalized spacial score (nSPS) is 53.0. The van der Waals surface area contributed by atoms with Gasteiger partial charge in [0.25, 0.3) is 0 Å². The van der Waals surface area contributed by atoms with Crippen LogP contribution < -0.4 is 0 Å². The molecule has 2 bridgehead atoms. The Bertz CT molecular complexity index is 299. The lowest BCUT2D eigenvalue weighted by molar-refractivity contribution is 0.115. The van der Waals surface area contributed by atoms with Gasteiger partial charge in [-0.1, -0.05) is 38.2 Å².